The largest absolute Gasteiger partial charge is 0.296 e. The van der Waals surface area contributed by atoms with Crippen LogP contribution < -0.4 is 0 Å². The van der Waals surface area contributed by atoms with Crippen LogP contribution in [0.5, 0.6) is 0 Å². The Bertz CT molecular complexity index is 2360. The molecule has 8 rings (SSSR count). The molecule has 50 heavy (non-hydrogen) atoms. The number of hydrogen-bond acceptors (Lipinski definition) is 14. The van der Waals surface area contributed by atoms with E-state index in [1.807, 2.05) is 24.3 Å². The summed E-state index contributed by atoms with van der Waals surface area (Å²) in [5, 5.41) is 31.5. The van der Waals surface area contributed by atoms with Gasteiger partial charge in [-0.25, -0.2) is 19.9 Å². The highest BCUT2D eigenvalue weighted by Gasteiger charge is 2.16. The van der Waals surface area contributed by atoms with Crippen LogP contribution in [0.2, 0.25) is 17.9 Å². The van der Waals surface area contributed by atoms with Crippen LogP contribution >= 0.6 is 91.8 Å². The summed E-state index contributed by atoms with van der Waals surface area (Å²) in [5.74, 6) is 0. The van der Waals surface area contributed by atoms with E-state index in [-0.39, 0.29) is 24.5 Å². The van der Waals surface area contributed by atoms with Crippen LogP contribution in [0.15, 0.2) is 78.9 Å². The molecule has 256 valence electrons. The van der Waals surface area contributed by atoms with E-state index >= 15 is 0 Å². The highest BCUT2D eigenvalue weighted by Crippen LogP contribution is 2.33. The number of rotatable bonds is 3. The second-order valence-corrected chi connectivity index (χ2v) is 15.4. The number of halogens is 4. The molecule has 21 heteroatoms. The molecular formula is C29H17Cl4N7O6S4. The molecule has 4 aromatic heterocycles. The lowest BCUT2D eigenvalue weighted by Gasteiger charge is -1.89. The molecule has 4 aromatic carbocycles. The quantitative estimate of drug-likeness (QED) is 0.123. The van der Waals surface area contributed by atoms with Crippen molar-refractivity contribution in [3.05, 3.63) is 127 Å². The molecule has 0 spiro atoms. The maximum absolute atomic E-state index is 10.6. The third-order valence-electron chi connectivity index (χ3n) is 5.96. The Morgan fingerprint density at radius 2 is 1.00 bits per heavy atom. The number of para-hydroxylation sites is 2. The van der Waals surface area contributed by atoms with E-state index in [4.69, 9.17) is 46.4 Å². The molecular weight excluding hydrogens is 812 g/mol. The lowest BCUT2D eigenvalue weighted by Crippen LogP contribution is -1.88. The average Bonchev–Trinajstić information content (AvgIpc) is 3.82. The van der Waals surface area contributed by atoms with Crippen LogP contribution in [0.4, 0.5) is 17.1 Å². The van der Waals surface area contributed by atoms with Crippen molar-refractivity contribution in [3.8, 4) is 0 Å². The predicted molar refractivity (Wildman–Crippen MR) is 205 cm³/mol. The minimum Gasteiger partial charge on any atom is -0.258 e. The van der Waals surface area contributed by atoms with Gasteiger partial charge in [0.05, 0.1) is 45.4 Å². The zero-order valence-electron chi connectivity index (χ0n) is 23.7. The van der Waals surface area contributed by atoms with Crippen molar-refractivity contribution in [1.29, 1.82) is 0 Å². The summed E-state index contributed by atoms with van der Waals surface area (Å²) < 4.78 is 4.80. The number of nitro benzene ring substituents is 3. The molecule has 0 saturated heterocycles. The maximum Gasteiger partial charge on any atom is 0.296 e. The SMILES string of the molecule is C.Clc1nc2ccccc2s1.O=[N+]([O-])c1ccc2nc(Cl)sc2c1.O=[N+]([O-])c1cccc2nc(Cl)sc12.O=[N+]([O-])c1cccc2sc(Cl)nc12. The molecule has 0 radical (unpaired) electrons. The molecule has 13 nitrogen and oxygen atoms in total. The monoisotopic (exact) mass is 827 g/mol. The number of benzene rings is 4. The normalized spacial score (nSPS) is 10.3. The Hall–Kier alpha value is -4.20. The standard InChI is InChI=1S/3C7H3ClN2O2S.C7H4ClNS.CH4/c8-7-9-5-2-1-4(10(11)12)3-6(5)13-7;8-7-9-6-4(10(11)12)2-1-3-5(6)13-7;8-7-9-4-2-1-3-5(10(11)12)6(4)13-7;8-7-9-5-3-1-2-4-6(5)10-7;/h3*1-3H;1-4H;1H4. The van der Waals surface area contributed by atoms with E-state index in [0.29, 0.717) is 39.1 Å². The predicted octanol–water partition coefficient (Wildman–Crippen LogP) is 12.2. The molecule has 0 fully saturated rings. The first kappa shape index (κ1) is 38.6. The zero-order chi connectivity index (χ0) is 35.2. The minimum atomic E-state index is -0.460. The summed E-state index contributed by atoms with van der Waals surface area (Å²) in [6.45, 7) is 0. The Labute approximate surface area is 316 Å². The van der Waals surface area contributed by atoms with Crippen molar-refractivity contribution in [3.63, 3.8) is 0 Å². The van der Waals surface area contributed by atoms with Crippen LogP contribution in [0, 0.1) is 30.3 Å². The lowest BCUT2D eigenvalue weighted by molar-refractivity contribution is -0.384. The van der Waals surface area contributed by atoms with E-state index < -0.39 is 14.8 Å². The first-order chi connectivity index (χ1) is 23.4. The van der Waals surface area contributed by atoms with Gasteiger partial charge < -0.3 is 0 Å². The molecule has 0 amide bonds. The second-order valence-electron chi connectivity index (χ2n) is 9.01. The van der Waals surface area contributed by atoms with Crippen molar-refractivity contribution in [2.24, 2.45) is 0 Å². The van der Waals surface area contributed by atoms with Gasteiger partial charge in [0, 0.05) is 24.3 Å². The molecule has 0 aliphatic carbocycles. The number of thiazole rings is 4. The molecule has 0 aliphatic rings. The fraction of sp³-hybridized carbons (Fsp3) is 0.0345. The third-order valence-corrected chi connectivity index (χ3v) is 10.5. The summed E-state index contributed by atoms with van der Waals surface area (Å²) in [4.78, 5) is 46.1. The Balaban J connectivity index is 0.000000149. The molecule has 0 atom stereocenters. The molecule has 8 aromatic rings. The summed E-state index contributed by atoms with van der Waals surface area (Å²) in [6, 6.07) is 21.9. The van der Waals surface area contributed by atoms with E-state index in [1.165, 1.54) is 58.3 Å². The third kappa shape index (κ3) is 9.52. The van der Waals surface area contributed by atoms with Crippen LogP contribution in [-0.4, -0.2) is 34.7 Å². The van der Waals surface area contributed by atoms with Gasteiger partial charge in [-0.1, -0.05) is 89.4 Å². The summed E-state index contributed by atoms with van der Waals surface area (Å²) in [5.41, 5.74) is 2.74. The smallest absolute Gasteiger partial charge is 0.258 e. The Morgan fingerprint density at radius 3 is 1.66 bits per heavy atom. The van der Waals surface area contributed by atoms with E-state index in [1.54, 1.807) is 30.3 Å². The van der Waals surface area contributed by atoms with E-state index in [9.17, 15) is 30.3 Å². The fourth-order valence-electron chi connectivity index (χ4n) is 3.95. The van der Waals surface area contributed by atoms with Crippen molar-refractivity contribution in [1.82, 2.24) is 19.9 Å². The molecule has 0 unspecified atom stereocenters. The summed E-state index contributed by atoms with van der Waals surface area (Å²) in [6.07, 6.45) is 0. The van der Waals surface area contributed by atoms with Crippen LogP contribution in [0.1, 0.15) is 7.43 Å². The second kappa shape index (κ2) is 17.1. The summed E-state index contributed by atoms with van der Waals surface area (Å²) >= 11 is 27.7. The van der Waals surface area contributed by atoms with Gasteiger partial charge in [0.25, 0.3) is 17.1 Å². The van der Waals surface area contributed by atoms with E-state index in [0.717, 1.165) is 31.0 Å². The first-order valence-corrected chi connectivity index (χ1v) is 17.8. The van der Waals surface area contributed by atoms with Crippen LogP contribution in [0.3, 0.4) is 0 Å². The van der Waals surface area contributed by atoms with Crippen molar-refractivity contribution >= 4 is 150 Å². The van der Waals surface area contributed by atoms with Gasteiger partial charge in [-0.05, 0) is 30.3 Å². The van der Waals surface area contributed by atoms with Gasteiger partial charge in [-0.15, -0.1) is 34.0 Å². The number of hydrogen-bond donors (Lipinski definition) is 0. The fourth-order valence-corrected chi connectivity index (χ4v) is 8.19. The van der Waals surface area contributed by atoms with Crippen LogP contribution in [-0.2, 0) is 0 Å². The molecule has 0 N–H and O–H groups in total. The van der Waals surface area contributed by atoms with Gasteiger partial charge in [0.1, 0.15) is 4.70 Å². The topological polar surface area (TPSA) is 181 Å². The van der Waals surface area contributed by atoms with Crippen molar-refractivity contribution < 1.29 is 14.8 Å². The van der Waals surface area contributed by atoms with Gasteiger partial charge in [0.2, 0.25) is 0 Å². The number of fused-ring (bicyclic) bond motifs is 4. The van der Waals surface area contributed by atoms with Crippen molar-refractivity contribution in [2.45, 2.75) is 7.43 Å². The maximum atomic E-state index is 10.6. The summed E-state index contributed by atoms with van der Waals surface area (Å²) in [7, 11) is 0. The van der Waals surface area contributed by atoms with Crippen LogP contribution in [0.25, 0.3) is 40.9 Å². The van der Waals surface area contributed by atoms with Gasteiger partial charge in [-0.2, -0.15) is 0 Å². The van der Waals surface area contributed by atoms with Gasteiger partial charge >= 0.3 is 0 Å². The Kier molecular flexibility index (Phi) is 13.2. The lowest BCUT2D eigenvalue weighted by atomic mass is 10.3. The number of non-ortho nitro benzene ring substituents is 3. The molecule has 4 heterocycles. The highest BCUT2D eigenvalue weighted by molar-refractivity contribution is 7.23. The number of aromatic nitrogens is 4. The molecule has 0 aliphatic heterocycles. The number of nitro groups is 3. The van der Waals surface area contributed by atoms with Crippen molar-refractivity contribution in [2.75, 3.05) is 0 Å². The number of nitrogens with zero attached hydrogens (tertiary/aromatic N) is 7. The molecule has 0 saturated carbocycles. The zero-order valence-corrected chi connectivity index (χ0v) is 30.0. The van der Waals surface area contributed by atoms with Gasteiger partial charge in [0.15, 0.2) is 23.4 Å². The Morgan fingerprint density at radius 1 is 0.500 bits per heavy atom. The average molecular weight is 830 g/mol. The molecule has 0 bridgehead atoms. The van der Waals surface area contributed by atoms with Gasteiger partial charge in [-0.3, -0.25) is 30.3 Å². The highest BCUT2D eigenvalue weighted by atomic mass is 35.5. The first-order valence-electron chi connectivity index (χ1n) is 13.0. The minimum absolute atomic E-state index is 0. The van der Waals surface area contributed by atoms with E-state index in [2.05, 4.69) is 19.9 Å².